The maximum Gasteiger partial charge on any atom is 0.241 e. The molecule has 0 aromatic heterocycles. The molecule has 1 aromatic carbocycles. The van der Waals surface area contributed by atoms with Crippen LogP contribution in [0.5, 0.6) is 0 Å². The zero-order valence-electron chi connectivity index (χ0n) is 8.77. The van der Waals surface area contributed by atoms with Crippen LogP contribution in [0.4, 0.5) is 10.1 Å². The first-order valence-electron chi connectivity index (χ1n) is 4.97. The Morgan fingerprint density at radius 1 is 1.44 bits per heavy atom. The van der Waals surface area contributed by atoms with E-state index in [1.165, 1.54) is 6.07 Å². The predicted octanol–water partition coefficient (Wildman–Crippen LogP) is 1.09. The Balaban J connectivity index is 2.28. The van der Waals surface area contributed by atoms with E-state index in [1.54, 1.807) is 0 Å². The van der Waals surface area contributed by atoms with Gasteiger partial charge in [-0.1, -0.05) is 6.92 Å². The van der Waals surface area contributed by atoms with Crippen LogP contribution in [-0.4, -0.2) is 14.5 Å². The van der Waals surface area contributed by atoms with Crippen LogP contribution in [0.15, 0.2) is 23.1 Å². The molecule has 0 aliphatic heterocycles. The molecule has 6 heteroatoms. The summed E-state index contributed by atoms with van der Waals surface area (Å²) in [4.78, 5) is -0.121. The third kappa shape index (κ3) is 2.33. The Kier molecular flexibility index (Phi) is 2.63. The summed E-state index contributed by atoms with van der Waals surface area (Å²) in [5.74, 6) is -0.301. The number of hydrogen-bond donors (Lipinski definition) is 2. The van der Waals surface area contributed by atoms with E-state index in [9.17, 15) is 12.8 Å². The topological polar surface area (TPSA) is 72.2 Å². The fourth-order valence-corrected chi connectivity index (χ4v) is 2.92. The number of hydrogen-bond acceptors (Lipinski definition) is 3. The largest absolute Gasteiger partial charge is 0.399 e. The second-order valence-electron chi connectivity index (χ2n) is 4.16. The monoisotopic (exact) mass is 244 g/mol. The Morgan fingerprint density at radius 3 is 2.56 bits per heavy atom. The van der Waals surface area contributed by atoms with Gasteiger partial charge in [-0.2, -0.15) is 0 Å². The molecular weight excluding hydrogens is 231 g/mol. The normalized spacial score (nSPS) is 24.4. The zero-order valence-corrected chi connectivity index (χ0v) is 9.59. The van der Waals surface area contributed by atoms with Crippen LogP contribution in [0.2, 0.25) is 0 Å². The molecule has 88 valence electrons. The SMILES string of the molecule is CC1CC1NS(=O)(=O)c1cc(N)cc(F)c1. The summed E-state index contributed by atoms with van der Waals surface area (Å²) in [5.41, 5.74) is 5.50. The van der Waals surface area contributed by atoms with Gasteiger partial charge in [0.1, 0.15) is 5.82 Å². The molecule has 0 radical (unpaired) electrons. The zero-order chi connectivity index (χ0) is 11.9. The standard InChI is InChI=1S/C10H13FN2O2S/c1-6-2-10(6)13-16(14,15)9-4-7(11)3-8(12)5-9/h3-6,10,13H,2,12H2,1H3. The van der Waals surface area contributed by atoms with Crippen molar-refractivity contribution in [1.82, 2.24) is 4.72 Å². The van der Waals surface area contributed by atoms with Gasteiger partial charge in [0.2, 0.25) is 10.0 Å². The van der Waals surface area contributed by atoms with Crippen LogP contribution in [0.25, 0.3) is 0 Å². The molecule has 2 unspecified atom stereocenters. The average molecular weight is 244 g/mol. The summed E-state index contributed by atoms with van der Waals surface area (Å²) in [7, 11) is -3.64. The van der Waals surface area contributed by atoms with Crippen LogP contribution >= 0.6 is 0 Å². The molecule has 1 aromatic rings. The molecule has 2 atom stereocenters. The van der Waals surface area contributed by atoms with Crippen molar-refractivity contribution in [3.63, 3.8) is 0 Å². The minimum absolute atomic E-state index is 0.0329. The van der Waals surface area contributed by atoms with Crippen LogP contribution < -0.4 is 10.5 Å². The van der Waals surface area contributed by atoms with Gasteiger partial charge in [0.05, 0.1) is 4.90 Å². The number of sulfonamides is 1. The van der Waals surface area contributed by atoms with Crippen molar-refractivity contribution < 1.29 is 12.8 Å². The molecule has 2 rings (SSSR count). The van der Waals surface area contributed by atoms with E-state index in [-0.39, 0.29) is 16.6 Å². The number of nitrogens with one attached hydrogen (secondary N) is 1. The van der Waals surface area contributed by atoms with Crippen molar-refractivity contribution >= 4 is 15.7 Å². The van der Waals surface area contributed by atoms with E-state index in [0.29, 0.717) is 5.92 Å². The van der Waals surface area contributed by atoms with Crippen molar-refractivity contribution in [3.8, 4) is 0 Å². The van der Waals surface area contributed by atoms with Crippen molar-refractivity contribution in [2.24, 2.45) is 5.92 Å². The lowest BCUT2D eigenvalue weighted by Gasteiger charge is -2.06. The van der Waals surface area contributed by atoms with Gasteiger partial charge in [-0.15, -0.1) is 0 Å². The van der Waals surface area contributed by atoms with Crippen molar-refractivity contribution in [2.45, 2.75) is 24.3 Å². The molecule has 0 saturated heterocycles. The van der Waals surface area contributed by atoms with E-state index in [2.05, 4.69) is 4.72 Å². The fourth-order valence-electron chi connectivity index (χ4n) is 1.49. The number of nitrogen functional groups attached to an aromatic ring is 1. The van der Waals surface area contributed by atoms with Gasteiger partial charge in [-0.3, -0.25) is 0 Å². The quantitative estimate of drug-likeness (QED) is 0.782. The molecule has 16 heavy (non-hydrogen) atoms. The molecule has 0 spiro atoms. The molecule has 1 fully saturated rings. The van der Waals surface area contributed by atoms with Crippen LogP contribution in [-0.2, 0) is 10.0 Å². The minimum Gasteiger partial charge on any atom is -0.399 e. The number of benzene rings is 1. The summed E-state index contributed by atoms with van der Waals surface area (Å²) >= 11 is 0. The Hall–Kier alpha value is -1.14. The summed E-state index contributed by atoms with van der Waals surface area (Å²) < 4.78 is 39.1. The number of rotatable bonds is 3. The Morgan fingerprint density at radius 2 is 2.06 bits per heavy atom. The third-order valence-corrected chi connectivity index (χ3v) is 4.09. The first-order chi connectivity index (χ1) is 7.38. The molecule has 4 nitrogen and oxygen atoms in total. The molecule has 3 N–H and O–H groups in total. The van der Waals surface area contributed by atoms with E-state index in [4.69, 9.17) is 5.73 Å². The maximum absolute atomic E-state index is 13.0. The molecule has 1 aliphatic rings. The Bertz CT molecular complexity index is 495. The second-order valence-corrected chi connectivity index (χ2v) is 5.88. The van der Waals surface area contributed by atoms with E-state index >= 15 is 0 Å². The van der Waals surface area contributed by atoms with Gasteiger partial charge >= 0.3 is 0 Å². The fraction of sp³-hybridized carbons (Fsp3) is 0.400. The lowest BCUT2D eigenvalue weighted by atomic mass is 10.3. The van der Waals surface area contributed by atoms with E-state index < -0.39 is 15.8 Å². The second kappa shape index (κ2) is 3.71. The van der Waals surface area contributed by atoms with Crippen LogP contribution in [0.3, 0.4) is 0 Å². The average Bonchev–Trinajstić information content (AvgIpc) is 2.78. The summed E-state index contributed by atoms with van der Waals surface area (Å²) in [5, 5.41) is 0. The molecule has 1 saturated carbocycles. The van der Waals surface area contributed by atoms with Gasteiger partial charge < -0.3 is 5.73 Å². The highest BCUT2D eigenvalue weighted by Crippen LogP contribution is 2.30. The highest BCUT2D eigenvalue weighted by atomic mass is 32.2. The minimum atomic E-state index is -3.64. The van der Waals surface area contributed by atoms with Crippen molar-refractivity contribution in [2.75, 3.05) is 5.73 Å². The lowest BCUT2D eigenvalue weighted by Crippen LogP contribution is -2.27. The number of nitrogens with two attached hydrogens (primary N) is 1. The summed E-state index contributed by atoms with van der Waals surface area (Å²) in [6.45, 7) is 1.95. The van der Waals surface area contributed by atoms with E-state index in [1.807, 2.05) is 6.92 Å². The predicted molar refractivity (Wildman–Crippen MR) is 58.7 cm³/mol. The van der Waals surface area contributed by atoms with Crippen molar-refractivity contribution in [3.05, 3.63) is 24.0 Å². The third-order valence-electron chi connectivity index (χ3n) is 2.62. The highest BCUT2D eigenvalue weighted by molar-refractivity contribution is 7.89. The molecule has 0 heterocycles. The van der Waals surface area contributed by atoms with Gasteiger partial charge in [-0.25, -0.2) is 17.5 Å². The lowest BCUT2D eigenvalue weighted by molar-refractivity contribution is 0.575. The molecule has 1 aliphatic carbocycles. The van der Waals surface area contributed by atoms with Crippen molar-refractivity contribution in [1.29, 1.82) is 0 Å². The highest BCUT2D eigenvalue weighted by Gasteiger charge is 2.36. The van der Waals surface area contributed by atoms with Crippen LogP contribution in [0, 0.1) is 11.7 Å². The van der Waals surface area contributed by atoms with Gasteiger partial charge in [0.25, 0.3) is 0 Å². The van der Waals surface area contributed by atoms with E-state index in [0.717, 1.165) is 18.6 Å². The number of anilines is 1. The molecular formula is C10H13FN2O2S. The summed E-state index contributed by atoms with van der Waals surface area (Å²) in [6.07, 6.45) is 0.823. The van der Waals surface area contributed by atoms with Gasteiger partial charge in [0.15, 0.2) is 0 Å². The van der Waals surface area contributed by atoms with Crippen LogP contribution in [0.1, 0.15) is 13.3 Å². The van der Waals surface area contributed by atoms with Gasteiger partial charge in [-0.05, 0) is 30.5 Å². The molecule has 0 amide bonds. The smallest absolute Gasteiger partial charge is 0.241 e. The number of halogens is 1. The van der Waals surface area contributed by atoms with Gasteiger partial charge in [0, 0.05) is 11.7 Å². The Labute approximate surface area is 93.7 Å². The first kappa shape index (κ1) is 11.3. The first-order valence-corrected chi connectivity index (χ1v) is 6.45. The summed E-state index contributed by atoms with van der Waals surface area (Å²) in [6, 6.07) is 3.26. The molecule has 0 bridgehead atoms. The maximum atomic E-state index is 13.0.